The molecule has 2 aromatic heterocycles. The number of halogens is 2. The van der Waals surface area contributed by atoms with Gasteiger partial charge in [0.25, 0.3) is 0 Å². The maximum Gasteiger partial charge on any atom is 0.303 e. The number of thioether (sulfide) groups is 1. The average Bonchev–Trinajstić information content (AvgIpc) is 3.53. The van der Waals surface area contributed by atoms with Crippen molar-refractivity contribution in [3.63, 3.8) is 0 Å². The molecule has 0 spiro atoms. The van der Waals surface area contributed by atoms with Gasteiger partial charge in [-0.25, -0.2) is 9.67 Å². The smallest absolute Gasteiger partial charge is 0.303 e. The fourth-order valence-corrected chi connectivity index (χ4v) is 6.09. The first-order valence-electron chi connectivity index (χ1n) is 11.2. The van der Waals surface area contributed by atoms with E-state index in [0.717, 1.165) is 11.8 Å². The number of carbonyl (C=O) groups excluding carboxylic acids is 3. The summed E-state index contributed by atoms with van der Waals surface area (Å²) < 4.78 is 24.3. The van der Waals surface area contributed by atoms with Crippen LogP contribution >= 0.6 is 46.3 Å². The molecular weight excluding hydrogens is 579 g/mol. The lowest BCUT2D eigenvalue weighted by Crippen LogP contribution is -2.57. The molecule has 1 aliphatic rings. The second kappa shape index (κ2) is 12.4. The van der Waals surface area contributed by atoms with E-state index in [-0.39, 0.29) is 6.61 Å². The molecule has 5 atom stereocenters. The van der Waals surface area contributed by atoms with Crippen molar-refractivity contribution < 1.29 is 33.3 Å². The standard InChI is InChI=1S/C23H22Cl2N4O7S2/c1-11(30)33-10-17-20(34-12(2)31)19(29-9-16(27-28-29)22-26-6-7-37-22)21(35-13(3)32)23(36-17)38-18-8-14(24)4-5-15(18)25/h4-9,17,19-21,23H,10H2,1-3H3. The van der Waals surface area contributed by atoms with E-state index in [1.54, 1.807) is 36.0 Å². The number of ether oxygens (including phenoxy) is 4. The quantitative estimate of drug-likeness (QED) is 0.272. The summed E-state index contributed by atoms with van der Waals surface area (Å²) in [6.45, 7) is 3.48. The predicted molar refractivity (Wildman–Crippen MR) is 139 cm³/mol. The van der Waals surface area contributed by atoms with Gasteiger partial charge in [-0.1, -0.05) is 40.2 Å². The van der Waals surface area contributed by atoms with Gasteiger partial charge in [-0.15, -0.1) is 16.4 Å². The van der Waals surface area contributed by atoms with Crippen LogP contribution in [-0.4, -0.2) is 68.2 Å². The third-order valence-corrected chi connectivity index (χ3v) is 7.95. The Labute approximate surface area is 235 Å². The van der Waals surface area contributed by atoms with E-state index in [0.29, 0.717) is 25.6 Å². The molecule has 1 fully saturated rings. The minimum absolute atomic E-state index is 0.245. The first-order chi connectivity index (χ1) is 18.1. The Hall–Kier alpha value is -2.71. The third-order valence-electron chi connectivity index (χ3n) is 5.28. The van der Waals surface area contributed by atoms with Crippen molar-refractivity contribution in [1.82, 2.24) is 20.0 Å². The van der Waals surface area contributed by atoms with Gasteiger partial charge in [0.15, 0.2) is 12.2 Å². The zero-order valence-electron chi connectivity index (χ0n) is 20.3. The van der Waals surface area contributed by atoms with Gasteiger partial charge < -0.3 is 18.9 Å². The summed E-state index contributed by atoms with van der Waals surface area (Å²) in [6.07, 6.45) is 0.166. The Balaban J connectivity index is 1.80. The Morgan fingerprint density at radius 2 is 1.84 bits per heavy atom. The van der Waals surface area contributed by atoms with Crippen molar-refractivity contribution in [3.8, 4) is 10.7 Å². The number of thiazole rings is 1. The van der Waals surface area contributed by atoms with Crippen LogP contribution in [0.3, 0.4) is 0 Å². The van der Waals surface area contributed by atoms with Crippen molar-refractivity contribution >= 4 is 64.2 Å². The molecule has 0 saturated carbocycles. The van der Waals surface area contributed by atoms with E-state index < -0.39 is 47.7 Å². The molecule has 0 bridgehead atoms. The van der Waals surface area contributed by atoms with Crippen LogP contribution in [0.2, 0.25) is 10.0 Å². The Morgan fingerprint density at radius 1 is 1.11 bits per heavy atom. The molecule has 11 nitrogen and oxygen atoms in total. The molecule has 5 unspecified atom stereocenters. The first-order valence-corrected chi connectivity index (χ1v) is 13.7. The molecule has 15 heteroatoms. The Bertz CT molecular complexity index is 1310. The molecule has 0 amide bonds. The molecule has 202 valence electrons. The molecule has 0 radical (unpaired) electrons. The molecule has 3 aromatic rings. The molecule has 4 rings (SSSR count). The van der Waals surface area contributed by atoms with Crippen molar-refractivity contribution in [2.75, 3.05) is 6.61 Å². The van der Waals surface area contributed by atoms with E-state index in [1.165, 1.54) is 36.8 Å². The minimum atomic E-state index is -1.08. The van der Waals surface area contributed by atoms with Gasteiger partial charge in [-0.05, 0) is 18.2 Å². The minimum Gasteiger partial charge on any atom is -0.463 e. The summed E-state index contributed by atoms with van der Waals surface area (Å²) in [4.78, 5) is 40.9. The number of hydrogen-bond acceptors (Lipinski definition) is 12. The lowest BCUT2D eigenvalue weighted by atomic mass is 9.96. The van der Waals surface area contributed by atoms with Crippen molar-refractivity contribution in [1.29, 1.82) is 0 Å². The Morgan fingerprint density at radius 3 is 2.50 bits per heavy atom. The predicted octanol–water partition coefficient (Wildman–Crippen LogP) is 4.19. The number of aromatic nitrogens is 4. The van der Waals surface area contributed by atoms with Crippen molar-refractivity contribution in [2.24, 2.45) is 0 Å². The molecule has 0 N–H and O–H groups in total. The lowest BCUT2D eigenvalue weighted by Gasteiger charge is -2.44. The van der Waals surface area contributed by atoms with Crippen LogP contribution in [0.5, 0.6) is 0 Å². The van der Waals surface area contributed by atoms with Gasteiger partial charge in [0.2, 0.25) is 0 Å². The molecule has 3 heterocycles. The van der Waals surface area contributed by atoms with Crippen LogP contribution < -0.4 is 0 Å². The van der Waals surface area contributed by atoms with Gasteiger partial charge in [-0.3, -0.25) is 14.4 Å². The summed E-state index contributed by atoms with van der Waals surface area (Å²) in [5, 5.41) is 11.7. The van der Waals surface area contributed by atoms with Crippen molar-refractivity contribution in [3.05, 3.63) is 46.0 Å². The molecular formula is C23H22Cl2N4O7S2. The zero-order valence-corrected chi connectivity index (χ0v) is 23.4. The van der Waals surface area contributed by atoms with E-state index >= 15 is 0 Å². The molecule has 1 aliphatic heterocycles. The summed E-state index contributed by atoms with van der Waals surface area (Å²) in [5.41, 5.74) is -0.437. The normalized spacial score (nSPS) is 23.0. The highest BCUT2D eigenvalue weighted by Gasteiger charge is 2.52. The maximum absolute atomic E-state index is 12.3. The molecule has 38 heavy (non-hydrogen) atoms. The summed E-state index contributed by atoms with van der Waals surface area (Å²) in [6, 6.07) is 3.99. The fourth-order valence-electron chi connectivity index (χ4n) is 3.84. The highest BCUT2D eigenvalue weighted by Crippen LogP contribution is 2.43. The van der Waals surface area contributed by atoms with Gasteiger partial charge in [0, 0.05) is 42.3 Å². The molecule has 0 aliphatic carbocycles. The highest BCUT2D eigenvalue weighted by atomic mass is 35.5. The zero-order chi connectivity index (χ0) is 27.4. The largest absolute Gasteiger partial charge is 0.463 e. The Kier molecular flexibility index (Phi) is 9.26. The van der Waals surface area contributed by atoms with Gasteiger partial charge in [0.1, 0.15) is 34.9 Å². The van der Waals surface area contributed by atoms with Crippen LogP contribution in [0.15, 0.2) is 40.9 Å². The first kappa shape index (κ1) is 28.3. The van der Waals surface area contributed by atoms with Crippen LogP contribution in [0.4, 0.5) is 0 Å². The van der Waals surface area contributed by atoms with Crippen LogP contribution in [-0.2, 0) is 33.3 Å². The number of rotatable bonds is 8. The average molecular weight is 601 g/mol. The second-order valence-electron chi connectivity index (χ2n) is 8.10. The van der Waals surface area contributed by atoms with Gasteiger partial charge in [0.05, 0.1) is 11.2 Å². The summed E-state index contributed by atoms with van der Waals surface area (Å²) in [7, 11) is 0. The van der Waals surface area contributed by atoms with Crippen LogP contribution in [0, 0.1) is 0 Å². The number of esters is 3. The van der Waals surface area contributed by atoms with Crippen LogP contribution in [0.25, 0.3) is 10.7 Å². The topological polar surface area (TPSA) is 132 Å². The highest BCUT2D eigenvalue weighted by molar-refractivity contribution is 8.00. The third kappa shape index (κ3) is 6.83. The number of benzene rings is 1. The van der Waals surface area contributed by atoms with E-state index in [2.05, 4.69) is 15.3 Å². The van der Waals surface area contributed by atoms with E-state index in [1.807, 2.05) is 0 Å². The fraction of sp³-hybridized carbons (Fsp3) is 0.391. The SMILES string of the molecule is CC(=O)OCC1OC(Sc2cc(Cl)ccc2Cl)C(OC(C)=O)C(n2cc(-c3nccs3)nn2)C1OC(C)=O. The van der Waals surface area contributed by atoms with Gasteiger partial charge in [-0.2, -0.15) is 0 Å². The number of hydrogen-bond donors (Lipinski definition) is 0. The maximum atomic E-state index is 12.3. The lowest BCUT2D eigenvalue weighted by molar-refractivity contribution is -0.212. The van der Waals surface area contributed by atoms with Crippen molar-refractivity contribution in [2.45, 2.75) is 55.5 Å². The van der Waals surface area contributed by atoms with Crippen LogP contribution in [0.1, 0.15) is 26.8 Å². The number of carbonyl (C=O) groups is 3. The number of nitrogens with zero attached hydrogens (tertiary/aromatic N) is 4. The monoisotopic (exact) mass is 600 g/mol. The molecule has 1 saturated heterocycles. The van der Waals surface area contributed by atoms with Gasteiger partial charge >= 0.3 is 17.9 Å². The van der Waals surface area contributed by atoms with E-state index in [9.17, 15) is 14.4 Å². The van der Waals surface area contributed by atoms with E-state index in [4.69, 9.17) is 42.1 Å². The summed E-state index contributed by atoms with van der Waals surface area (Å²) in [5.74, 6) is -1.78. The molecule has 1 aromatic carbocycles. The second-order valence-corrected chi connectivity index (χ2v) is 11.0. The summed E-state index contributed by atoms with van der Waals surface area (Å²) >= 11 is 15.1.